The summed E-state index contributed by atoms with van der Waals surface area (Å²) >= 11 is 3.06. The van der Waals surface area contributed by atoms with E-state index >= 15 is 0 Å². The zero-order chi connectivity index (χ0) is 23.5. The zero-order valence-corrected chi connectivity index (χ0v) is 17.5. The average molecular weight is 519 g/mol. The fourth-order valence-electron chi connectivity index (χ4n) is 2.70. The molecular weight excluding hydrogens is 506 g/mol. The predicted molar refractivity (Wildman–Crippen MR) is 107 cm³/mol. The number of carbonyl (C=O) groups excluding carboxylic acids is 1. The number of benzene rings is 2. The molecule has 168 valence electrons. The van der Waals surface area contributed by atoms with Gasteiger partial charge in [0.05, 0.1) is 16.8 Å². The number of nitrogens with one attached hydrogen (secondary N) is 1. The predicted octanol–water partition coefficient (Wildman–Crippen LogP) is 6.36. The maximum absolute atomic E-state index is 12.7. The lowest BCUT2D eigenvalue weighted by Crippen LogP contribution is -2.24. The number of ether oxygens (including phenoxy) is 1. The van der Waals surface area contributed by atoms with Gasteiger partial charge in [0.15, 0.2) is 0 Å². The Bertz CT molecular complexity index is 1100. The van der Waals surface area contributed by atoms with Crippen molar-refractivity contribution in [3.05, 3.63) is 82.0 Å². The van der Waals surface area contributed by atoms with Crippen molar-refractivity contribution in [1.29, 1.82) is 0 Å². The maximum atomic E-state index is 12.7. The molecule has 0 radical (unpaired) electrons. The van der Waals surface area contributed by atoms with E-state index in [2.05, 4.69) is 31.0 Å². The van der Waals surface area contributed by atoms with Gasteiger partial charge in [-0.25, -0.2) is 0 Å². The van der Waals surface area contributed by atoms with Crippen LogP contribution in [0.5, 0.6) is 5.75 Å². The fourth-order valence-corrected chi connectivity index (χ4v) is 3.04. The molecule has 0 saturated heterocycles. The highest BCUT2D eigenvalue weighted by molar-refractivity contribution is 9.10. The van der Waals surface area contributed by atoms with Crippen molar-refractivity contribution in [2.24, 2.45) is 0 Å². The van der Waals surface area contributed by atoms with E-state index in [1.54, 1.807) is 0 Å². The van der Waals surface area contributed by atoms with Crippen LogP contribution in [0.2, 0.25) is 0 Å². The van der Waals surface area contributed by atoms with Gasteiger partial charge in [0.1, 0.15) is 5.75 Å². The number of rotatable bonds is 5. The van der Waals surface area contributed by atoms with Crippen LogP contribution in [0.25, 0.3) is 11.3 Å². The van der Waals surface area contributed by atoms with Crippen LogP contribution < -0.4 is 10.1 Å². The molecule has 2 aromatic carbocycles. The summed E-state index contributed by atoms with van der Waals surface area (Å²) in [5, 5.41) is 2.48. The number of hydrogen-bond acceptors (Lipinski definition) is 3. The van der Waals surface area contributed by atoms with Gasteiger partial charge in [0.25, 0.3) is 5.91 Å². The largest absolute Gasteiger partial charge is 0.573 e. The first kappa shape index (κ1) is 23.6. The molecule has 0 unspecified atom stereocenters. The highest BCUT2D eigenvalue weighted by Crippen LogP contribution is 2.31. The molecular formula is C21H13BrF6N2O2. The summed E-state index contributed by atoms with van der Waals surface area (Å²) in [4.78, 5) is 16.4. The molecule has 32 heavy (non-hydrogen) atoms. The Labute approximate surface area is 186 Å². The molecule has 0 atom stereocenters. The van der Waals surface area contributed by atoms with Crippen LogP contribution in [0.4, 0.5) is 26.3 Å². The Morgan fingerprint density at radius 2 is 1.66 bits per heavy atom. The van der Waals surface area contributed by atoms with Crippen molar-refractivity contribution in [2.45, 2.75) is 19.1 Å². The number of nitrogens with zero attached hydrogens (tertiary/aromatic N) is 1. The Morgan fingerprint density at radius 1 is 0.969 bits per heavy atom. The van der Waals surface area contributed by atoms with Crippen LogP contribution in [-0.4, -0.2) is 17.3 Å². The van der Waals surface area contributed by atoms with Gasteiger partial charge in [-0.05, 0) is 36.4 Å². The van der Waals surface area contributed by atoms with E-state index in [9.17, 15) is 31.1 Å². The van der Waals surface area contributed by atoms with Crippen LogP contribution >= 0.6 is 15.9 Å². The van der Waals surface area contributed by atoms with Gasteiger partial charge in [-0.2, -0.15) is 13.2 Å². The normalized spacial score (nSPS) is 11.8. The van der Waals surface area contributed by atoms with Crippen molar-refractivity contribution >= 4 is 21.8 Å². The first-order chi connectivity index (χ1) is 14.9. The number of amides is 1. The van der Waals surface area contributed by atoms with Gasteiger partial charge in [0.2, 0.25) is 0 Å². The average Bonchev–Trinajstić information content (AvgIpc) is 2.71. The molecule has 0 aliphatic heterocycles. The molecule has 0 spiro atoms. The second-order valence-corrected chi connectivity index (χ2v) is 7.41. The molecule has 0 saturated carbocycles. The summed E-state index contributed by atoms with van der Waals surface area (Å²) in [6, 6.07) is 11.3. The van der Waals surface area contributed by atoms with E-state index in [1.807, 2.05) is 0 Å². The van der Waals surface area contributed by atoms with E-state index in [4.69, 9.17) is 0 Å². The van der Waals surface area contributed by atoms with Crippen molar-refractivity contribution in [3.8, 4) is 17.0 Å². The monoisotopic (exact) mass is 518 g/mol. The third kappa shape index (κ3) is 6.22. The minimum atomic E-state index is -4.89. The van der Waals surface area contributed by atoms with E-state index in [1.165, 1.54) is 42.6 Å². The zero-order valence-electron chi connectivity index (χ0n) is 15.9. The van der Waals surface area contributed by atoms with Crippen LogP contribution in [0.15, 0.2) is 65.3 Å². The highest BCUT2D eigenvalue weighted by Gasteiger charge is 2.32. The van der Waals surface area contributed by atoms with Gasteiger partial charge in [-0.3, -0.25) is 9.78 Å². The van der Waals surface area contributed by atoms with Crippen molar-refractivity contribution in [2.75, 3.05) is 0 Å². The third-order valence-corrected chi connectivity index (χ3v) is 4.72. The molecule has 1 N–H and O–H groups in total. The summed E-state index contributed by atoms with van der Waals surface area (Å²) < 4.78 is 80.1. The van der Waals surface area contributed by atoms with Crippen molar-refractivity contribution < 1.29 is 35.9 Å². The van der Waals surface area contributed by atoms with Crippen LogP contribution in [0.3, 0.4) is 0 Å². The van der Waals surface area contributed by atoms with Gasteiger partial charge in [-0.15, -0.1) is 13.2 Å². The number of hydrogen-bond donors (Lipinski definition) is 1. The molecule has 4 nitrogen and oxygen atoms in total. The molecule has 0 bridgehead atoms. The topological polar surface area (TPSA) is 51.2 Å². The highest BCUT2D eigenvalue weighted by atomic mass is 79.9. The van der Waals surface area contributed by atoms with Gasteiger partial charge in [0, 0.05) is 28.3 Å². The second kappa shape index (κ2) is 9.19. The van der Waals surface area contributed by atoms with E-state index < -0.39 is 29.8 Å². The van der Waals surface area contributed by atoms with Crippen LogP contribution in [0, 0.1) is 0 Å². The van der Waals surface area contributed by atoms with Crippen molar-refractivity contribution in [1.82, 2.24) is 10.3 Å². The van der Waals surface area contributed by atoms with E-state index in [0.29, 0.717) is 15.7 Å². The summed E-state index contributed by atoms with van der Waals surface area (Å²) in [5.41, 5.74) is 0.209. The van der Waals surface area contributed by atoms with Crippen LogP contribution in [0.1, 0.15) is 21.5 Å². The Kier molecular flexibility index (Phi) is 6.77. The summed E-state index contributed by atoms with van der Waals surface area (Å²) in [6.45, 7) is -0.238. The number of halogens is 7. The fraction of sp³-hybridized carbons (Fsp3) is 0.143. The Balaban J connectivity index is 1.68. The smallest absolute Gasteiger partial charge is 0.405 e. The lowest BCUT2D eigenvalue weighted by molar-refractivity contribution is -0.274. The lowest BCUT2D eigenvalue weighted by atomic mass is 10.1. The van der Waals surface area contributed by atoms with Crippen LogP contribution in [-0.2, 0) is 12.7 Å². The van der Waals surface area contributed by atoms with Gasteiger partial charge < -0.3 is 10.1 Å². The molecule has 1 heterocycles. The summed E-state index contributed by atoms with van der Waals surface area (Å²) in [6.07, 6.45) is -8.12. The molecule has 1 aromatic heterocycles. The standard InChI is InChI=1S/C21H13BrF6N2O2/c22-16-7-3-13(18(9-16)32-21(26,27)28)10-30-19(31)14-4-8-17(29-11-14)12-1-5-15(6-2-12)20(23,24)25/h1-9,11H,10H2,(H,30,31). The van der Waals surface area contributed by atoms with Crippen molar-refractivity contribution in [3.63, 3.8) is 0 Å². The molecule has 0 fully saturated rings. The van der Waals surface area contributed by atoms with Gasteiger partial charge >= 0.3 is 12.5 Å². The molecule has 0 aliphatic carbocycles. The lowest BCUT2D eigenvalue weighted by Gasteiger charge is -2.14. The number of aromatic nitrogens is 1. The molecule has 11 heteroatoms. The minimum absolute atomic E-state index is 0.105. The van der Waals surface area contributed by atoms with E-state index in [-0.39, 0.29) is 17.7 Å². The third-order valence-electron chi connectivity index (χ3n) is 4.23. The second-order valence-electron chi connectivity index (χ2n) is 6.49. The summed E-state index contributed by atoms with van der Waals surface area (Å²) in [7, 11) is 0. The molecule has 0 aliphatic rings. The number of alkyl halides is 6. The minimum Gasteiger partial charge on any atom is -0.405 e. The molecule has 1 amide bonds. The number of pyridine rings is 1. The number of carbonyl (C=O) groups is 1. The van der Waals surface area contributed by atoms with E-state index in [0.717, 1.165) is 18.2 Å². The molecule has 3 rings (SSSR count). The SMILES string of the molecule is O=C(NCc1ccc(Br)cc1OC(F)(F)F)c1ccc(-c2ccc(C(F)(F)F)cc2)nc1. The quantitative estimate of drug-likeness (QED) is 0.400. The molecule has 3 aromatic rings. The first-order valence-corrected chi connectivity index (χ1v) is 9.68. The first-order valence-electron chi connectivity index (χ1n) is 8.88. The Hall–Kier alpha value is -3.08. The maximum Gasteiger partial charge on any atom is 0.573 e. The summed E-state index contributed by atoms with van der Waals surface area (Å²) in [5.74, 6) is -1.06. The van der Waals surface area contributed by atoms with Gasteiger partial charge in [-0.1, -0.05) is 34.1 Å². The Morgan fingerprint density at radius 3 is 2.22 bits per heavy atom.